The Hall–Kier alpha value is -0.770. The van der Waals surface area contributed by atoms with Crippen molar-refractivity contribution in [2.45, 2.75) is 0 Å². The first kappa shape index (κ1) is 4.39. The minimum atomic E-state index is 0.634. The molecular weight excluding hydrogens is 110 g/mol. The zero-order chi connectivity index (χ0) is 5.11. The zero-order valence-corrected chi connectivity index (χ0v) is 4.27. The van der Waals surface area contributed by atoms with Crippen LogP contribution in [0.3, 0.4) is 0 Å². The Morgan fingerprint density at radius 1 is 1.86 bits per heavy atom. The van der Waals surface area contributed by atoms with Gasteiger partial charge in [-0.25, -0.2) is 4.98 Å². The number of imidazole rings is 1. The minimum absolute atomic E-state index is 0.634. The summed E-state index contributed by atoms with van der Waals surface area (Å²) in [5.41, 5.74) is 0. The molecule has 1 N–H and O–H groups in total. The quantitative estimate of drug-likeness (QED) is 0.584. The van der Waals surface area contributed by atoms with E-state index in [9.17, 15) is 0 Å². The van der Waals surface area contributed by atoms with Crippen LogP contribution in [0, 0.1) is 0 Å². The summed E-state index contributed by atoms with van der Waals surface area (Å²) in [6.07, 6.45) is 3.10. The van der Waals surface area contributed by atoms with Gasteiger partial charge in [0.15, 0.2) is 5.82 Å². The third kappa shape index (κ3) is 0.806. The van der Waals surface area contributed by atoms with Crippen LogP contribution in [-0.2, 0) is 12.4 Å². The van der Waals surface area contributed by atoms with E-state index in [4.69, 9.17) is 0 Å². The Morgan fingerprint density at radius 3 is 3.00 bits per heavy atom. The van der Waals surface area contributed by atoms with E-state index in [-0.39, 0.29) is 0 Å². The number of aromatic nitrogens is 2. The highest BCUT2D eigenvalue weighted by Gasteiger charge is 1.80. The van der Waals surface area contributed by atoms with Crippen molar-refractivity contribution < 1.29 is 0 Å². The summed E-state index contributed by atoms with van der Waals surface area (Å²) in [6.45, 7) is 0. The minimum Gasteiger partial charge on any atom is -0.329 e. The van der Waals surface area contributed by atoms with Crippen molar-refractivity contribution >= 4 is 18.2 Å². The number of aromatic amines is 1. The molecule has 1 rings (SSSR count). The monoisotopic (exact) mass is 113 g/mol. The molecule has 0 atom stereocenters. The van der Waals surface area contributed by atoms with Crippen molar-refractivity contribution in [3.8, 4) is 0 Å². The number of nitrogens with zero attached hydrogens (tertiary/aromatic N) is 2. The van der Waals surface area contributed by atoms with Crippen LogP contribution in [0.5, 0.6) is 0 Å². The fraction of sp³-hybridized carbons (Fsp3) is 0. The molecule has 7 heavy (non-hydrogen) atoms. The number of nitrogens with one attached hydrogen (secondary N) is 1. The highest BCUT2D eigenvalue weighted by Crippen LogP contribution is 1.99. The molecule has 0 radical (unpaired) electrons. The van der Waals surface area contributed by atoms with Crippen LogP contribution in [0.4, 0.5) is 5.82 Å². The van der Waals surface area contributed by atoms with E-state index in [1.165, 1.54) is 6.33 Å². The molecule has 0 saturated heterocycles. The van der Waals surface area contributed by atoms with E-state index < -0.39 is 0 Å². The average Bonchev–Trinajstić information content (AvgIpc) is 2.14. The maximum Gasteiger partial charge on any atom is 0.163 e. The molecule has 0 unspecified atom stereocenters. The first-order chi connectivity index (χ1) is 3.43. The predicted octanol–water partition coefficient (Wildman–Crippen LogP) is 0.772. The van der Waals surface area contributed by atoms with Crippen molar-refractivity contribution in [2.24, 2.45) is 4.36 Å². The van der Waals surface area contributed by atoms with Gasteiger partial charge in [0.25, 0.3) is 0 Å². The summed E-state index contributed by atoms with van der Waals surface area (Å²) in [5.74, 6) is 0.634. The van der Waals surface area contributed by atoms with Crippen LogP contribution >= 0.6 is 0 Å². The number of hydrogen-bond acceptors (Lipinski definition) is 3. The standard InChI is InChI=1S/C3H3N3S/c7-6-3-1-4-2-5-3/h1-2H,(H,4,5). The largest absolute Gasteiger partial charge is 0.329 e. The number of hydrogen-bond donors (Lipinski definition) is 1. The Morgan fingerprint density at radius 2 is 2.71 bits per heavy atom. The lowest BCUT2D eigenvalue weighted by Crippen LogP contribution is -1.51. The third-order valence-corrected chi connectivity index (χ3v) is 0.779. The number of H-pyrrole nitrogens is 1. The summed E-state index contributed by atoms with van der Waals surface area (Å²) in [7, 11) is 0. The van der Waals surface area contributed by atoms with Gasteiger partial charge in [-0.1, -0.05) is 0 Å². The van der Waals surface area contributed by atoms with Gasteiger partial charge < -0.3 is 4.98 Å². The summed E-state index contributed by atoms with van der Waals surface area (Å²) >= 11 is 4.33. The van der Waals surface area contributed by atoms with Gasteiger partial charge in [0.05, 0.1) is 12.5 Å². The van der Waals surface area contributed by atoms with Gasteiger partial charge in [0.1, 0.15) is 0 Å². The molecule has 0 amide bonds. The maximum absolute atomic E-state index is 4.33. The summed E-state index contributed by atoms with van der Waals surface area (Å²) in [5, 5.41) is 0. The predicted molar refractivity (Wildman–Crippen MR) is 28.0 cm³/mol. The zero-order valence-electron chi connectivity index (χ0n) is 3.46. The Labute approximate surface area is 46.0 Å². The lowest BCUT2D eigenvalue weighted by Gasteiger charge is -1.69. The van der Waals surface area contributed by atoms with E-state index in [0.29, 0.717) is 5.82 Å². The Bertz CT molecular complexity index is 145. The molecule has 0 aliphatic rings. The second-order valence-corrected chi connectivity index (χ2v) is 1.21. The van der Waals surface area contributed by atoms with E-state index in [0.717, 1.165) is 0 Å². The molecule has 0 aromatic carbocycles. The van der Waals surface area contributed by atoms with E-state index in [2.05, 4.69) is 26.8 Å². The van der Waals surface area contributed by atoms with Crippen LogP contribution in [0.15, 0.2) is 16.9 Å². The molecule has 1 aromatic heterocycles. The SMILES string of the molecule is S=Nc1cnc[nH]1. The summed E-state index contributed by atoms with van der Waals surface area (Å²) < 4.78 is 3.40. The van der Waals surface area contributed by atoms with Gasteiger partial charge in [0, 0.05) is 12.4 Å². The van der Waals surface area contributed by atoms with Crippen molar-refractivity contribution in [3.63, 3.8) is 0 Å². The molecular formula is C3H3N3S. The van der Waals surface area contributed by atoms with Crippen molar-refractivity contribution in [1.82, 2.24) is 9.97 Å². The molecule has 0 bridgehead atoms. The molecule has 0 fully saturated rings. The van der Waals surface area contributed by atoms with Crippen LogP contribution in [0.2, 0.25) is 0 Å². The summed E-state index contributed by atoms with van der Waals surface area (Å²) in [6, 6.07) is 0. The Balaban J connectivity index is 2.96. The smallest absolute Gasteiger partial charge is 0.163 e. The van der Waals surface area contributed by atoms with Gasteiger partial charge in [0.2, 0.25) is 0 Å². The van der Waals surface area contributed by atoms with Gasteiger partial charge in [-0.05, 0) is 0 Å². The highest BCUT2D eigenvalue weighted by molar-refractivity contribution is 7.47. The second-order valence-electron chi connectivity index (χ2n) is 1.03. The Kier molecular flexibility index (Phi) is 1.12. The van der Waals surface area contributed by atoms with Crippen LogP contribution in [-0.4, -0.2) is 9.97 Å². The maximum atomic E-state index is 4.33. The van der Waals surface area contributed by atoms with Gasteiger partial charge in [-0.15, -0.1) is 0 Å². The fourth-order valence-electron chi connectivity index (χ4n) is 0.298. The number of rotatable bonds is 1. The molecule has 36 valence electrons. The van der Waals surface area contributed by atoms with Crippen molar-refractivity contribution in [3.05, 3.63) is 12.5 Å². The third-order valence-electron chi connectivity index (χ3n) is 0.582. The lowest BCUT2D eigenvalue weighted by molar-refractivity contribution is 1.30. The molecule has 0 aliphatic heterocycles. The van der Waals surface area contributed by atoms with Crippen molar-refractivity contribution in [2.75, 3.05) is 0 Å². The average molecular weight is 113 g/mol. The van der Waals surface area contributed by atoms with Gasteiger partial charge in [-0.2, -0.15) is 4.36 Å². The molecule has 3 nitrogen and oxygen atoms in total. The molecule has 0 saturated carbocycles. The molecule has 1 aromatic rings. The highest BCUT2D eigenvalue weighted by atomic mass is 32.1. The van der Waals surface area contributed by atoms with Crippen molar-refractivity contribution in [1.29, 1.82) is 0 Å². The molecule has 4 heteroatoms. The normalized spacial score (nSPS) is 8.57. The lowest BCUT2D eigenvalue weighted by atomic mass is 10.8. The van der Waals surface area contributed by atoms with E-state index in [1.54, 1.807) is 6.20 Å². The van der Waals surface area contributed by atoms with Crippen LogP contribution in [0.25, 0.3) is 0 Å². The topological polar surface area (TPSA) is 41.0 Å². The van der Waals surface area contributed by atoms with Crippen LogP contribution in [0.1, 0.15) is 0 Å². The van der Waals surface area contributed by atoms with Gasteiger partial charge in [-0.3, -0.25) is 0 Å². The molecule has 1 heterocycles. The summed E-state index contributed by atoms with van der Waals surface area (Å²) in [4.78, 5) is 6.38. The first-order valence-corrected chi connectivity index (χ1v) is 2.12. The first-order valence-electron chi connectivity index (χ1n) is 1.75. The molecule has 0 spiro atoms. The second kappa shape index (κ2) is 1.79. The van der Waals surface area contributed by atoms with E-state index >= 15 is 0 Å². The van der Waals surface area contributed by atoms with Crippen LogP contribution < -0.4 is 0 Å². The van der Waals surface area contributed by atoms with E-state index in [1.807, 2.05) is 0 Å². The van der Waals surface area contributed by atoms with Gasteiger partial charge >= 0.3 is 0 Å². The molecule has 0 aliphatic carbocycles. The fourth-order valence-corrected chi connectivity index (χ4v) is 0.398.